The molecule has 2 N–H and O–H groups in total. The Bertz CT molecular complexity index is 1100. The maximum atomic E-state index is 12.6. The molecule has 3 heterocycles. The molecule has 0 radical (unpaired) electrons. The van der Waals surface area contributed by atoms with E-state index in [9.17, 15) is 14.4 Å². The smallest absolute Gasteiger partial charge is 0.325 e. The minimum atomic E-state index is -0.935. The van der Waals surface area contributed by atoms with Crippen molar-refractivity contribution in [3.8, 4) is 11.4 Å². The molecule has 1 aliphatic heterocycles. The molecule has 10 heteroatoms. The summed E-state index contributed by atoms with van der Waals surface area (Å²) < 4.78 is 0. The number of nitrogens with zero attached hydrogens (tertiary/aromatic N) is 3. The van der Waals surface area contributed by atoms with Gasteiger partial charge in [0, 0.05) is 16.6 Å². The third-order valence-electron chi connectivity index (χ3n) is 4.46. The van der Waals surface area contributed by atoms with Gasteiger partial charge in [-0.15, -0.1) is 11.3 Å². The van der Waals surface area contributed by atoms with E-state index in [1.807, 2.05) is 12.1 Å². The molecule has 2 aromatic heterocycles. The summed E-state index contributed by atoms with van der Waals surface area (Å²) in [6.45, 7) is 0.0440. The first-order chi connectivity index (χ1) is 14.5. The van der Waals surface area contributed by atoms with Crippen LogP contribution < -0.4 is 10.6 Å². The van der Waals surface area contributed by atoms with Crippen LogP contribution in [0, 0.1) is 0 Å². The molecule has 1 unspecified atom stereocenters. The van der Waals surface area contributed by atoms with Crippen molar-refractivity contribution in [1.82, 2.24) is 20.2 Å². The average molecular weight is 442 g/mol. The van der Waals surface area contributed by atoms with Gasteiger partial charge in [-0.05, 0) is 23.8 Å². The zero-order chi connectivity index (χ0) is 21.1. The first-order valence-corrected chi connectivity index (χ1v) is 10.3. The highest BCUT2D eigenvalue weighted by Gasteiger charge is 2.39. The van der Waals surface area contributed by atoms with E-state index >= 15 is 0 Å². The van der Waals surface area contributed by atoms with Crippen molar-refractivity contribution in [1.29, 1.82) is 0 Å². The highest BCUT2D eigenvalue weighted by Crippen LogP contribution is 2.24. The van der Waals surface area contributed by atoms with Crippen LogP contribution in [0.5, 0.6) is 0 Å². The largest absolute Gasteiger partial charge is 0.325 e. The van der Waals surface area contributed by atoms with Crippen LogP contribution in [0.3, 0.4) is 0 Å². The van der Waals surface area contributed by atoms with Crippen molar-refractivity contribution >= 4 is 45.9 Å². The van der Waals surface area contributed by atoms with Gasteiger partial charge in [0.2, 0.25) is 5.91 Å². The van der Waals surface area contributed by atoms with E-state index in [1.54, 1.807) is 41.9 Å². The van der Waals surface area contributed by atoms with Crippen LogP contribution in [-0.2, 0) is 16.1 Å². The van der Waals surface area contributed by atoms with Crippen LogP contribution in [0.4, 0.5) is 9.93 Å². The number of imide groups is 1. The Kier molecular flexibility index (Phi) is 5.73. The Balaban J connectivity index is 1.37. The molecule has 1 aliphatic rings. The first-order valence-electron chi connectivity index (χ1n) is 9.03. The van der Waals surface area contributed by atoms with Crippen molar-refractivity contribution in [3.05, 3.63) is 64.6 Å². The van der Waals surface area contributed by atoms with Gasteiger partial charge in [-0.2, -0.15) is 0 Å². The van der Waals surface area contributed by atoms with Gasteiger partial charge < -0.3 is 10.6 Å². The maximum Gasteiger partial charge on any atom is 0.325 e. The monoisotopic (exact) mass is 441 g/mol. The van der Waals surface area contributed by atoms with Gasteiger partial charge in [0.05, 0.1) is 18.7 Å². The topological polar surface area (TPSA) is 104 Å². The SMILES string of the molecule is O=C(CC1NC(=O)N(Cc2ccccc2Cl)C1=O)Nc1nc(-c2ccccn2)cs1. The lowest BCUT2D eigenvalue weighted by Gasteiger charge is -2.14. The van der Waals surface area contributed by atoms with Gasteiger partial charge in [0.15, 0.2) is 5.13 Å². The second-order valence-corrected chi connectivity index (χ2v) is 7.79. The van der Waals surface area contributed by atoms with E-state index in [2.05, 4.69) is 20.6 Å². The third kappa shape index (κ3) is 4.32. The lowest BCUT2D eigenvalue weighted by Crippen LogP contribution is -2.34. The Labute approximate surface area is 180 Å². The fraction of sp³-hybridized carbons (Fsp3) is 0.150. The highest BCUT2D eigenvalue weighted by atomic mass is 35.5. The molecule has 3 aromatic rings. The number of amides is 4. The Morgan fingerprint density at radius 2 is 1.97 bits per heavy atom. The molecule has 1 aromatic carbocycles. The summed E-state index contributed by atoms with van der Waals surface area (Å²) in [5.74, 6) is -0.890. The highest BCUT2D eigenvalue weighted by molar-refractivity contribution is 7.14. The number of carbonyl (C=O) groups is 3. The lowest BCUT2D eigenvalue weighted by molar-refractivity contribution is -0.130. The van der Waals surface area contributed by atoms with E-state index < -0.39 is 23.9 Å². The molecule has 4 amide bonds. The standard InChI is InChI=1S/C20H16ClN5O3S/c21-13-6-2-1-5-12(13)10-26-18(28)15(24-20(26)29)9-17(27)25-19-23-16(11-30-19)14-7-3-4-8-22-14/h1-8,11,15H,9-10H2,(H,24,29)(H,23,25,27). The number of carbonyl (C=O) groups excluding carboxylic acids is 3. The molecule has 0 saturated carbocycles. The van der Waals surface area contributed by atoms with Gasteiger partial charge in [-0.1, -0.05) is 35.9 Å². The average Bonchev–Trinajstić information content (AvgIpc) is 3.30. The number of pyridine rings is 1. The summed E-state index contributed by atoms with van der Waals surface area (Å²) in [6.07, 6.45) is 1.47. The van der Waals surface area contributed by atoms with Crippen molar-refractivity contribution < 1.29 is 14.4 Å². The maximum absolute atomic E-state index is 12.6. The number of aromatic nitrogens is 2. The number of halogens is 1. The Morgan fingerprint density at radius 1 is 1.17 bits per heavy atom. The molecule has 1 saturated heterocycles. The number of hydrogen-bond acceptors (Lipinski definition) is 6. The van der Waals surface area contributed by atoms with Crippen LogP contribution in [0.15, 0.2) is 54.0 Å². The molecule has 0 bridgehead atoms. The summed E-state index contributed by atoms with van der Waals surface area (Å²) in [5.41, 5.74) is 1.99. The normalized spacial score (nSPS) is 15.9. The number of thiazole rings is 1. The van der Waals surface area contributed by atoms with Crippen molar-refractivity contribution in [2.75, 3.05) is 5.32 Å². The molecule has 0 spiro atoms. The van der Waals surface area contributed by atoms with Crippen LogP contribution in [0.2, 0.25) is 5.02 Å². The van der Waals surface area contributed by atoms with Crippen LogP contribution in [0.1, 0.15) is 12.0 Å². The summed E-state index contributed by atoms with van der Waals surface area (Å²) in [5, 5.41) is 7.86. The fourth-order valence-corrected chi connectivity index (χ4v) is 3.90. The predicted octanol–water partition coefficient (Wildman–Crippen LogP) is 3.31. The second-order valence-electron chi connectivity index (χ2n) is 6.52. The summed E-state index contributed by atoms with van der Waals surface area (Å²) >= 11 is 7.37. The van der Waals surface area contributed by atoms with E-state index in [-0.39, 0.29) is 13.0 Å². The molecule has 1 atom stereocenters. The number of hydrogen-bond donors (Lipinski definition) is 2. The molecular weight excluding hydrogens is 426 g/mol. The Morgan fingerprint density at radius 3 is 2.73 bits per heavy atom. The number of anilines is 1. The van der Waals surface area contributed by atoms with Crippen molar-refractivity contribution in [2.24, 2.45) is 0 Å². The second kappa shape index (κ2) is 8.60. The van der Waals surface area contributed by atoms with Gasteiger partial charge in [0.1, 0.15) is 11.7 Å². The van der Waals surface area contributed by atoms with Gasteiger partial charge >= 0.3 is 6.03 Å². The predicted molar refractivity (Wildman–Crippen MR) is 113 cm³/mol. The fourth-order valence-electron chi connectivity index (χ4n) is 2.98. The number of urea groups is 1. The molecule has 152 valence electrons. The molecule has 4 rings (SSSR count). The summed E-state index contributed by atoms with van der Waals surface area (Å²) in [4.78, 5) is 46.8. The van der Waals surface area contributed by atoms with Crippen molar-refractivity contribution in [3.63, 3.8) is 0 Å². The van der Waals surface area contributed by atoms with Crippen molar-refractivity contribution in [2.45, 2.75) is 19.0 Å². The quantitative estimate of drug-likeness (QED) is 0.571. The van der Waals surface area contributed by atoms with E-state index in [0.29, 0.717) is 27.1 Å². The number of nitrogens with one attached hydrogen (secondary N) is 2. The van der Waals surface area contributed by atoms with E-state index in [1.165, 1.54) is 11.3 Å². The molecular formula is C20H16ClN5O3S. The zero-order valence-corrected chi connectivity index (χ0v) is 17.1. The Hall–Kier alpha value is -3.30. The molecule has 0 aliphatic carbocycles. The molecule has 1 fully saturated rings. The minimum Gasteiger partial charge on any atom is -0.325 e. The van der Waals surface area contributed by atoms with Crippen LogP contribution in [0.25, 0.3) is 11.4 Å². The first kappa shape index (κ1) is 20.0. The van der Waals surface area contributed by atoms with E-state index in [4.69, 9.17) is 11.6 Å². The zero-order valence-electron chi connectivity index (χ0n) is 15.5. The number of benzene rings is 1. The third-order valence-corrected chi connectivity index (χ3v) is 5.59. The van der Waals surface area contributed by atoms with E-state index in [0.717, 1.165) is 4.90 Å². The lowest BCUT2D eigenvalue weighted by atomic mass is 10.1. The van der Waals surface area contributed by atoms with Gasteiger partial charge in [-0.25, -0.2) is 9.78 Å². The van der Waals surface area contributed by atoms with Gasteiger partial charge in [-0.3, -0.25) is 19.5 Å². The summed E-state index contributed by atoms with van der Waals surface area (Å²) in [7, 11) is 0. The van der Waals surface area contributed by atoms with Gasteiger partial charge in [0.25, 0.3) is 5.91 Å². The summed E-state index contributed by atoms with van der Waals surface area (Å²) in [6, 6.07) is 11.0. The van der Waals surface area contributed by atoms with Crippen LogP contribution >= 0.6 is 22.9 Å². The molecule has 30 heavy (non-hydrogen) atoms. The van der Waals surface area contributed by atoms with Crippen LogP contribution in [-0.4, -0.2) is 38.8 Å². The number of rotatable bonds is 6. The molecule has 8 nitrogen and oxygen atoms in total. The minimum absolute atomic E-state index is 0.0440.